The lowest BCUT2D eigenvalue weighted by Crippen LogP contribution is -2.47. The number of fused-ring (bicyclic) bond motifs is 1. The number of rotatable bonds is 5. The van der Waals surface area contributed by atoms with E-state index in [1.807, 2.05) is 18.2 Å². The first-order valence-electron chi connectivity index (χ1n) is 10.4. The molecule has 4 aromatic rings. The zero-order chi connectivity index (χ0) is 22.1. The zero-order valence-corrected chi connectivity index (χ0v) is 18.0. The van der Waals surface area contributed by atoms with E-state index in [1.165, 1.54) is 0 Å². The van der Waals surface area contributed by atoms with Gasteiger partial charge in [-0.25, -0.2) is 9.78 Å². The predicted molar refractivity (Wildman–Crippen MR) is 123 cm³/mol. The summed E-state index contributed by atoms with van der Waals surface area (Å²) in [5.74, 6) is 0.331. The van der Waals surface area contributed by atoms with Crippen LogP contribution in [0.25, 0.3) is 11.1 Å². The first-order valence-corrected chi connectivity index (χ1v) is 10.8. The Bertz CT molecular complexity index is 1320. The van der Waals surface area contributed by atoms with E-state index in [-0.39, 0.29) is 5.78 Å². The molecule has 1 aliphatic heterocycles. The van der Waals surface area contributed by atoms with Crippen molar-refractivity contribution in [3.8, 4) is 0 Å². The van der Waals surface area contributed by atoms with Crippen LogP contribution in [0, 0.1) is 0 Å². The van der Waals surface area contributed by atoms with Gasteiger partial charge in [0.1, 0.15) is 5.82 Å². The van der Waals surface area contributed by atoms with Crippen molar-refractivity contribution in [2.24, 2.45) is 0 Å². The van der Waals surface area contributed by atoms with Crippen LogP contribution in [0.15, 0.2) is 76.1 Å². The summed E-state index contributed by atoms with van der Waals surface area (Å²) in [4.78, 5) is 34.3. The summed E-state index contributed by atoms with van der Waals surface area (Å²) in [5, 5.41) is 0.396. The highest BCUT2D eigenvalue weighted by Crippen LogP contribution is 2.22. The van der Waals surface area contributed by atoms with Crippen molar-refractivity contribution >= 4 is 34.3 Å². The maximum absolute atomic E-state index is 13.0. The van der Waals surface area contributed by atoms with Crippen LogP contribution in [0.5, 0.6) is 0 Å². The Morgan fingerprint density at radius 1 is 1.00 bits per heavy atom. The van der Waals surface area contributed by atoms with Crippen LogP contribution in [0.3, 0.4) is 0 Å². The van der Waals surface area contributed by atoms with E-state index in [2.05, 4.69) is 14.8 Å². The molecule has 0 saturated carbocycles. The molecule has 32 heavy (non-hydrogen) atoms. The molecule has 0 atom stereocenters. The Morgan fingerprint density at radius 3 is 2.53 bits per heavy atom. The highest BCUT2D eigenvalue weighted by atomic mass is 35.5. The molecule has 0 amide bonds. The average Bonchev–Trinajstić information content (AvgIpc) is 3.14. The van der Waals surface area contributed by atoms with E-state index in [1.54, 1.807) is 53.2 Å². The number of hydrogen-bond donors (Lipinski definition) is 0. The number of nitrogens with zero attached hydrogens (tertiary/aromatic N) is 4. The van der Waals surface area contributed by atoms with Crippen molar-refractivity contribution < 1.29 is 9.21 Å². The van der Waals surface area contributed by atoms with Gasteiger partial charge in [-0.2, -0.15) is 0 Å². The number of carbonyl (C=O) groups is 1. The molecule has 2 aromatic heterocycles. The Hall–Kier alpha value is -3.42. The van der Waals surface area contributed by atoms with Gasteiger partial charge in [-0.1, -0.05) is 29.8 Å². The number of ketones is 1. The van der Waals surface area contributed by atoms with E-state index in [4.69, 9.17) is 16.0 Å². The summed E-state index contributed by atoms with van der Waals surface area (Å²) >= 11 is 6.20. The topological polar surface area (TPSA) is 71.6 Å². The quantitative estimate of drug-likeness (QED) is 0.434. The van der Waals surface area contributed by atoms with Crippen molar-refractivity contribution in [3.05, 3.63) is 93.6 Å². The molecule has 5 rings (SSSR count). The highest BCUT2D eigenvalue weighted by molar-refractivity contribution is 6.35. The molecule has 1 fully saturated rings. The number of piperazine rings is 1. The van der Waals surface area contributed by atoms with E-state index in [0.29, 0.717) is 33.9 Å². The van der Waals surface area contributed by atoms with Gasteiger partial charge in [-0.05, 0) is 42.5 Å². The van der Waals surface area contributed by atoms with Gasteiger partial charge in [0.05, 0.1) is 17.2 Å². The van der Waals surface area contributed by atoms with Gasteiger partial charge in [0.25, 0.3) is 0 Å². The molecule has 7 nitrogen and oxygen atoms in total. The number of carbonyl (C=O) groups excluding carboxylic acids is 1. The maximum Gasteiger partial charge on any atom is 0.421 e. The molecule has 0 unspecified atom stereocenters. The van der Waals surface area contributed by atoms with Crippen LogP contribution in [0.2, 0.25) is 5.02 Å². The van der Waals surface area contributed by atoms with Crippen molar-refractivity contribution in [1.29, 1.82) is 0 Å². The zero-order valence-electron chi connectivity index (χ0n) is 17.3. The minimum Gasteiger partial charge on any atom is -0.408 e. The molecule has 1 aliphatic rings. The number of pyridine rings is 1. The number of anilines is 1. The third-order valence-corrected chi connectivity index (χ3v) is 6.06. The predicted octanol–water partition coefficient (Wildman–Crippen LogP) is 3.65. The molecule has 0 aliphatic carbocycles. The van der Waals surface area contributed by atoms with Gasteiger partial charge in [0.15, 0.2) is 11.4 Å². The molecule has 0 spiro atoms. The number of halogens is 1. The van der Waals surface area contributed by atoms with Crippen LogP contribution in [0.4, 0.5) is 5.82 Å². The van der Waals surface area contributed by atoms with Crippen LogP contribution in [-0.4, -0.2) is 46.4 Å². The SMILES string of the molecule is O=C(c1ccc2oc(=O)n(CN3CCN(c4ccccn4)CC3)c2c1)c1ccccc1Cl. The molecular formula is C24H21ClN4O3. The van der Waals surface area contributed by atoms with Gasteiger partial charge in [-0.15, -0.1) is 0 Å². The minimum atomic E-state index is -0.436. The molecular weight excluding hydrogens is 428 g/mol. The number of hydrogen-bond acceptors (Lipinski definition) is 6. The van der Waals surface area contributed by atoms with Crippen LogP contribution in [-0.2, 0) is 6.67 Å². The molecule has 0 radical (unpaired) electrons. The fraction of sp³-hybridized carbons (Fsp3) is 0.208. The Labute approximate surface area is 189 Å². The molecule has 8 heteroatoms. The van der Waals surface area contributed by atoms with Crippen molar-refractivity contribution in [1.82, 2.24) is 14.5 Å². The highest BCUT2D eigenvalue weighted by Gasteiger charge is 2.21. The largest absolute Gasteiger partial charge is 0.421 e. The molecule has 0 N–H and O–H groups in total. The van der Waals surface area contributed by atoms with Crippen molar-refractivity contribution in [3.63, 3.8) is 0 Å². The van der Waals surface area contributed by atoms with E-state index < -0.39 is 5.76 Å². The molecule has 3 heterocycles. The fourth-order valence-corrected chi connectivity index (χ4v) is 4.22. The maximum atomic E-state index is 13.0. The summed E-state index contributed by atoms with van der Waals surface area (Å²) in [6, 6.07) is 17.8. The Balaban J connectivity index is 1.37. The average molecular weight is 449 g/mol. The number of oxazole rings is 1. The van der Waals surface area contributed by atoms with E-state index >= 15 is 0 Å². The van der Waals surface area contributed by atoms with Crippen molar-refractivity contribution in [2.45, 2.75) is 6.67 Å². The lowest BCUT2D eigenvalue weighted by Gasteiger charge is -2.35. The summed E-state index contributed by atoms with van der Waals surface area (Å²) in [5.41, 5.74) is 1.94. The second-order valence-corrected chi connectivity index (χ2v) is 8.13. The normalized spacial score (nSPS) is 14.7. The summed E-state index contributed by atoms with van der Waals surface area (Å²) in [6.07, 6.45) is 1.79. The Kier molecular flexibility index (Phi) is 5.51. The van der Waals surface area contributed by atoms with Crippen LogP contribution < -0.4 is 10.7 Å². The molecule has 2 aromatic carbocycles. The second-order valence-electron chi connectivity index (χ2n) is 7.72. The third-order valence-electron chi connectivity index (χ3n) is 5.74. The number of aromatic nitrogens is 2. The van der Waals surface area contributed by atoms with Crippen molar-refractivity contribution in [2.75, 3.05) is 31.1 Å². The van der Waals surface area contributed by atoms with Gasteiger partial charge in [-0.3, -0.25) is 14.3 Å². The van der Waals surface area contributed by atoms with Gasteiger partial charge < -0.3 is 9.32 Å². The monoisotopic (exact) mass is 448 g/mol. The number of benzene rings is 2. The molecule has 0 bridgehead atoms. The second kappa shape index (κ2) is 8.61. The minimum absolute atomic E-state index is 0.193. The first-order chi connectivity index (χ1) is 15.6. The lowest BCUT2D eigenvalue weighted by atomic mass is 10.0. The summed E-state index contributed by atoms with van der Waals surface area (Å²) < 4.78 is 7.00. The van der Waals surface area contributed by atoms with Crippen LogP contribution in [0.1, 0.15) is 15.9 Å². The fourth-order valence-electron chi connectivity index (χ4n) is 4.00. The molecule has 162 valence electrons. The van der Waals surface area contributed by atoms with E-state index in [0.717, 1.165) is 32.0 Å². The smallest absolute Gasteiger partial charge is 0.408 e. The molecule has 1 saturated heterocycles. The Morgan fingerprint density at radius 2 is 1.78 bits per heavy atom. The summed E-state index contributed by atoms with van der Waals surface area (Å²) in [7, 11) is 0. The summed E-state index contributed by atoms with van der Waals surface area (Å²) in [6.45, 7) is 3.60. The van der Waals surface area contributed by atoms with Gasteiger partial charge >= 0.3 is 5.76 Å². The first kappa shape index (κ1) is 20.5. The standard InChI is InChI=1S/C24H21ClN4O3/c25-19-6-2-1-5-18(19)23(30)17-8-9-21-20(15-17)29(24(31)32-21)16-27-11-13-28(14-12-27)22-7-3-4-10-26-22/h1-10,15H,11-14,16H2. The van der Waals surface area contributed by atoms with Gasteiger partial charge in [0.2, 0.25) is 0 Å². The lowest BCUT2D eigenvalue weighted by molar-refractivity contribution is 0.103. The van der Waals surface area contributed by atoms with Crippen LogP contribution >= 0.6 is 11.6 Å². The van der Waals surface area contributed by atoms with Gasteiger partial charge in [0, 0.05) is 43.5 Å². The van der Waals surface area contributed by atoms with E-state index in [9.17, 15) is 9.59 Å². The third kappa shape index (κ3) is 3.92.